The van der Waals surface area contributed by atoms with Gasteiger partial charge >= 0.3 is 0 Å². The van der Waals surface area contributed by atoms with Crippen LogP contribution in [0.1, 0.15) is 0 Å². The van der Waals surface area contributed by atoms with Crippen LogP contribution in [-0.2, 0) is 29.5 Å². The topological polar surface area (TPSA) is 102 Å². The number of hydrogen-bond donors (Lipinski definition) is 0. The Kier molecular flexibility index (Phi) is 3.63. The largest absolute Gasteiger partial charge is 0.224 e. The molecule has 1 rings (SSSR count). The molecule has 0 bridgehead atoms. The molecule has 0 saturated heterocycles. The molecule has 9 heteroatoms. The second-order valence-electron chi connectivity index (χ2n) is 3.93. The Morgan fingerprint density at radius 3 is 1.44 bits per heavy atom. The average Bonchev–Trinajstić information content (AvgIpc) is 2.12. The summed E-state index contributed by atoms with van der Waals surface area (Å²) in [5, 5.41) is 0. The van der Waals surface area contributed by atoms with Gasteiger partial charge in [0, 0.05) is 18.8 Å². The number of rotatable bonds is 3. The van der Waals surface area contributed by atoms with E-state index in [-0.39, 0.29) is 4.90 Å². The van der Waals surface area contributed by atoms with E-state index in [2.05, 4.69) is 0 Å². The highest BCUT2D eigenvalue weighted by Crippen LogP contribution is 2.24. The first-order valence-electron chi connectivity index (χ1n) is 4.58. The lowest BCUT2D eigenvalue weighted by molar-refractivity contribution is 0.587. The molecule has 0 aliphatic rings. The zero-order valence-electron chi connectivity index (χ0n) is 9.91. The molecule has 0 N–H and O–H groups in total. The smallest absolute Gasteiger partial charge is 0.176 e. The zero-order chi connectivity index (χ0) is 14.4. The Labute approximate surface area is 106 Å². The van der Waals surface area contributed by atoms with Crippen LogP contribution >= 0.6 is 0 Å². The van der Waals surface area contributed by atoms with Crippen LogP contribution in [0.2, 0.25) is 0 Å². The molecule has 18 heavy (non-hydrogen) atoms. The van der Waals surface area contributed by atoms with Crippen molar-refractivity contribution in [3.05, 3.63) is 18.2 Å². The minimum atomic E-state index is -3.84. The summed E-state index contributed by atoms with van der Waals surface area (Å²) >= 11 is 0. The lowest BCUT2D eigenvalue weighted by atomic mass is 10.4. The van der Waals surface area contributed by atoms with Crippen molar-refractivity contribution in [1.82, 2.24) is 0 Å². The lowest BCUT2D eigenvalue weighted by Gasteiger charge is -2.08. The molecule has 6 nitrogen and oxygen atoms in total. The van der Waals surface area contributed by atoms with Gasteiger partial charge in [0.25, 0.3) is 0 Å². The Hall–Kier alpha value is -0.930. The number of hydrogen-bond acceptors (Lipinski definition) is 6. The van der Waals surface area contributed by atoms with Crippen LogP contribution in [0.15, 0.2) is 32.9 Å². The fourth-order valence-electron chi connectivity index (χ4n) is 1.32. The minimum Gasteiger partial charge on any atom is -0.224 e. The van der Waals surface area contributed by atoms with Gasteiger partial charge in [0.05, 0.1) is 14.7 Å². The monoisotopic (exact) mass is 312 g/mol. The standard InChI is InChI=1S/C9H12O6S3/c1-16(10,11)7-4-5-8(17(2,12)13)9(6-7)18(3,14)15/h4-6H,1-3H3. The van der Waals surface area contributed by atoms with E-state index in [0.717, 1.165) is 37.0 Å². The molecule has 1 aromatic carbocycles. The zero-order valence-corrected chi connectivity index (χ0v) is 12.4. The van der Waals surface area contributed by atoms with Gasteiger partial charge in [-0.1, -0.05) is 0 Å². The first kappa shape index (κ1) is 15.1. The van der Waals surface area contributed by atoms with Gasteiger partial charge in [-0.3, -0.25) is 0 Å². The molecular weight excluding hydrogens is 300 g/mol. The van der Waals surface area contributed by atoms with Gasteiger partial charge in [-0.2, -0.15) is 0 Å². The summed E-state index contributed by atoms with van der Waals surface area (Å²) in [4.78, 5) is -1.15. The molecule has 0 fully saturated rings. The average molecular weight is 312 g/mol. The Morgan fingerprint density at radius 1 is 0.667 bits per heavy atom. The first-order chi connectivity index (χ1) is 7.83. The lowest BCUT2D eigenvalue weighted by Crippen LogP contribution is -2.09. The molecule has 0 unspecified atom stereocenters. The van der Waals surface area contributed by atoms with Crippen LogP contribution in [0.3, 0.4) is 0 Å². The van der Waals surface area contributed by atoms with Gasteiger partial charge in [-0.25, -0.2) is 25.3 Å². The van der Waals surface area contributed by atoms with Gasteiger partial charge in [0.2, 0.25) is 0 Å². The Bertz CT molecular complexity index is 785. The van der Waals surface area contributed by atoms with Crippen molar-refractivity contribution in [2.75, 3.05) is 18.8 Å². The third-order valence-corrected chi connectivity index (χ3v) is 5.67. The van der Waals surface area contributed by atoms with Gasteiger partial charge in [-0.15, -0.1) is 0 Å². The van der Waals surface area contributed by atoms with Crippen LogP contribution in [-0.4, -0.2) is 44.0 Å². The van der Waals surface area contributed by atoms with E-state index in [9.17, 15) is 25.3 Å². The highest BCUT2D eigenvalue weighted by atomic mass is 32.2. The van der Waals surface area contributed by atoms with Gasteiger partial charge in [0.1, 0.15) is 0 Å². The van der Waals surface area contributed by atoms with Crippen molar-refractivity contribution in [2.45, 2.75) is 14.7 Å². The van der Waals surface area contributed by atoms with Crippen LogP contribution in [0.25, 0.3) is 0 Å². The fraction of sp³-hybridized carbons (Fsp3) is 0.333. The van der Waals surface area contributed by atoms with E-state index in [1.165, 1.54) is 0 Å². The van der Waals surface area contributed by atoms with Crippen molar-refractivity contribution < 1.29 is 25.3 Å². The van der Waals surface area contributed by atoms with Gasteiger partial charge in [-0.05, 0) is 18.2 Å². The molecule has 0 aliphatic heterocycles. The second kappa shape index (κ2) is 4.32. The summed E-state index contributed by atoms with van der Waals surface area (Å²) in [6.07, 6.45) is 2.59. The van der Waals surface area contributed by atoms with Crippen LogP contribution < -0.4 is 0 Å². The van der Waals surface area contributed by atoms with E-state index in [1.807, 2.05) is 0 Å². The van der Waals surface area contributed by atoms with Crippen LogP contribution in [0.5, 0.6) is 0 Å². The molecule has 0 aromatic heterocycles. The van der Waals surface area contributed by atoms with E-state index in [0.29, 0.717) is 0 Å². The molecule has 0 amide bonds. The molecule has 102 valence electrons. The second-order valence-corrected chi connectivity index (χ2v) is 9.91. The van der Waals surface area contributed by atoms with E-state index in [4.69, 9.17) is 0 Å². The summed E-state index contributed by atoms with van der Waals surface area (Å²) in [5.41, 5.74) is 0. The van der Waals surface area contributed by atoms with E-state index in [1.54, 1.807) is 0 Å². The van der Waals surface area contributed by atoms with Crippen molar-refractivity contribution in [3.63, 3.8) is 0 Å². The first-order valence-corrected chi connectivity index (χ1v) is 10.2. The maximum absolute atomic E-state index is 11.5. The Balaban J connectivity index is 3.83. The van der Waals surface area contributed by atoms with Crippen LogP contribution in [0.4, 0.5) is 0 Å². The van der Waals surface area contributed by atoms with Gasteiger partial charge < -0.3 is 0 Å². The fourth-order valence-corrected chi connectivity index (χ4v) is 4.46. The Morgan fingerprint density at radius 2 is 1.11 bits per heavy atom. The molecule has 1 aromatic rings. The quantitative estimate of drug-likeness (QED) is 0.772. The summed E-state index contributed by atoms with van der Waals surface area (Å²) in [5.74, 6) is 0. The summed E-state index contributed by atoms with van der Waals surface area (Å²) < 4.78 is 68.6. The third-order valence-electron chi connectivity index (χ3n) is 2.14. The molecule has 0 radical (unpaired) electrons. The van der Waals surface area contributed by atoms with Crippen LogP contribution in [0, 0.1) is 0 Å². The van der Waals surface area contributed by atoms with Crippen molar-refractivity contribution in [1.29, 1.82) is 0 Å². The maximum Gasteiger partial charge on any atom is 0.176 e. The molecule has 0 saturated carbocycles. The van der Waals surface area contributed by atoms with E-state index >= 15 is 0 Å². The highest BCUT2D eigenvalue weighted by Gasteiger charge is 2.22. The van der Waals surface area contributed by atoms with Crippen molar-refractivity contribution >= 4 is 29.5 Å². The molecule has 0 atom stereocenters. The van der Waals surface area contributed by atoms with Crippen molar-refractivity contribution in [2.24, 2.45) is 0 Å². The third kappa shape index (κ3) is 3.30. The normalized spacial score (nSPS) is 13.5. The predicted molar refractivity (Wildman–Crippen MR) is 65.8 cm³/mol. The minimum absolute atomic E-state index is 0.240. The SMILES string of the molecule is CS(=O)(=O)c1ccc(S(C)(=O)=O)c(S(C)(=O)=O)c1. The summed E-state index contributed by atoms with van der Waals surface area (Å²) in [6, 6.07) is 2.92. The molecule has 0 aliphatic carbocycles. The summed E-state index contributed by atoms with van der Waals surface area (Å²) in [6.45, 7) is 0. The van der Waals surface area contributed by atoms with E-state index < -0.39 is 39.3 Å². The molecular formula is C9H12O6S3. The molecule has 0 spiro atoms. The maximum atomic E-state index is 11.5. The van der Waals surface area contributed by atoms with Gasteiger partial charge in [0.15, 0.2) is 29.5 Å². The highest BCUT2D eigenvalue weighted by molar-refractivity contribution is 7.94. The summed E-state index contributed by atoms with van der Waals surface area (Å²) in [7, 11) is -11.2. The number of benzene rings is 1. The number of sulfone groups is 3. The predicted octanol–water partition coefficient (Wildman–Crippen LogP) is -0.103. The molecule has 0 heterocycles. The van der Waals surface area contributed by atoms with Crippen molar-refractivity contribution in [3.8, 4) is 0 Å².